The molecule has 1 aliphatic rings. The summed E-state index contributed by atoms with van der Waals surface area (Å²) >= 11 is 5.83. The standard InChI is InChI=1S/C21H26ClN5/c1-2-23-21(24-11-10-17-8-9-20(22)25-15-17)26-16-18-6-5-7-19(14-18)27-12-3-4-13-27/h3-9,14-15H,2,10-13,16H2,1H3,(H2,23,24,26). The maximum absolute atomic E-state index is 5.83. The van der Waals surface area contributed by atoms with Gasteiger partial charge in [0.15, 0.2) is 5.96 Å². The molecular weight excluding hydrogens is 358 g/mol. The Morgan fingerprint density at radius 1 is 1.15 bits per heavy atom. The summed E-state index contributed by atoms with van der Waals surface area (Å²) in [5.41, 5.74) is 3.61. The molecule has 0 aliphatic carbocycles. The monoisotopic (exact) mass is 383 g/mol. The molecule has 0 saturated carbocycles. The molecule has 1 aliphatic heterocycles. The van der Waals surface area contributed by atoms with Gasteiger partial charge >= 0.3 is 0 Å². The summed E-state index contributed by atoms with van der Waals surface area (Å²) in [6.45, 7) is 6.30. The first-order valence-electron chi connectivity index (χ1n) is 9.36. The number of benzene rings is 1. The van der Waals surface area contributed by atoms with E-state index in [1.54, 1.807) is 0 Å². The lowest BCUT2D eigenvalue weighted by molar-refractivity contribution is 0.798. The molecule has 27 heavy (non-hydrogen) atoms. The van der Waals surface area contributed by atoms with Crippen molar-refractivity contribution >= 4 is 23.2 Å². The summed E-state index contributed by atoms with van der Waals surface area (Å²) in [6, 6.07) is 12.4. The summed E-state index contributed by atoms with van der Waals surface area (Å²) in [7, 11) is 0. The molecule has 2 heterocycles. The van der Waals surface area contributed by atoms with Gasteiger partial charge in [-0.1, -0.05) is 42.0 Å². The topological polar surface area (TPSA) is 52.6 Å². The van der Waals surface area contributed by atoms with Gasteiger partial charge in [0.05, 0.1) is 6.54 Å². The Bertz CT molecular complexity index is 777. The van der Waals surface area contributed by atoms with Crippen LogP contribution in [-0.4, -0.2) is 37.1 Å². The van der Waals surface area contributed by atoms with Crippen LogP contribution in [0.1, 0.15) is 18.1 Å². The molecule has 3 rings (SSSR count). The van der Waals surface area contributed by atoms with E-state index in [1.165, 1.54) is 11.3 Å². The Balaban J connectivity index is 1.55. The molecule has 0 unspecified atom stereocenters. The first-order valence-corrected chi connectivity index (χ1v) is 9.74. The second kappa shape index (κ2) is 9.97. The highest BCUT2D eigenvalue weighted by Crippen LogP contribution is 2.18. The molecule has 0 amide bonds. The zero-order valence-corrected chi connectivity index (χ0v) is 16.4. The van der Waals surface area contributed by atoms with Crippen LogP contribution in [0, 0.1) is 0 Å². The lowest BCUT2D eigenvalue weighted by Gasteiger charge is -2.18. The summed E-state index contributed by atoms with van der Waals surface area (Å²) in [4.78, 5) is 11.2. The predicted molar refractivity (Wildman–Crippen MR) is 114 cm³/mol. The van der Waals surface area contributed by atoms with E-state index in [4.69, 9.17) is 16.6 Å². The maximum Gasteiger partial charge on any atom is 0.191 e. The van der Waals surface area contributed by atoms with Gasteiger partial charge < -0.3 is 15.5 Å². The van der Waals surface area contributed by atoms with Crippen molar-refractivity contribution in [1.82, 2.24) is 15.6 Å². The van der Waals surface area contributed by atoms with Crippen LogP contribution < -0.4 is 15.5 Å². The minimum atomic E-state index is 0.522. The first kappa shape index (κ1) is 19.2. The number of aromatic nitrogens is 1. The number of aliphatic imine (C=N–C) groups is 1. The van der Waals surface area contributed by atoms with Gasteiger partial charge in [0.2, 0.25) is 0 Å². The lowest BCUT2D eigenvalue weighted by atomic mass is 10.2. The van der Waals surface area contributed by atoms with E-state index in [1.807, 2.05) is 18.3 Å². The molecule has 0 radical (unpaired) electrons. The van der Waals surface area contributed by atoms with Gasteiger partial charge in [0, 0.05) is 38.1 Å². The average Bonchev–Trinajstić information content (AvgIpc) is 3.23. The Kier molecular flexibility index (Phi) is 7.11. The zero-order valence-electron chi connectivity index (χ0n) is 15.7. The van der Waals surface area contributed by atoms with Gasteiger partial charge in [-0.3, -0.25) is 0 Å². The SMILES string of the molecule is CCNC(=NCc1cccc(N2CC=CC2)c1)NCCc1ccc(Cl)nc1. The lowest BCUT2D eigenvalue weighted by Crippen LogP contribution is -2.38. The number of nitrogens with one attached hydrogen (secondary N) is 2. The molecular formula is C21H26ClN5. The summed E-state index contributed by atoms with van der Waals surface area (Å²) in [5, 5.41) is 7.20. The number of hydrogen-bond acceptors (Lipinski definition) is 3. The number of hydrogen-bond donors (Lipinski definition) is 2. The van der Waals surface area contributed by atoms with Gasteiger partial charge in [0.1, 0.15) is 5.15 Å². The number of nitrogens with zero attached hydrogens (tertiary/aromatic N) is 3. The van der Waals surface area contributed by atoms with Crippen molar-refractivity contribution in [1.29, 1.82) is 0 Å². The van der Waals surface area contributed by atoms with Crippen molar-refractivity contribution < 1.29 is 0 Å². The van der Waals surface area contributed by atoms with Crippen molar-refractivity contribution in [2.45, 2.75) is 19.9 Å². The van der Waals surface area contributed by atoms with Crippen LogP contribution in [0.5, 0.6) is 0 Å². The van der Waals surface area contributed by atoms with E-state index >= 15 is 0 Å². The van der Waals surface area contributed by atoms with E-state index in [0.29, 0.717) is 11.7 Å². The molecule has 5 nitrogen and oxygen atoms in total. The molecule has 2 N–H and O–H groups in total. The van der Waals surface area contributed by atoms with Crippen LogP contribution in [-0.2, 0) is 13.0 Å². The number of pyridine rings is 1. The number of guanidine groups is 1. The van der Waals surface area contributed by atoms with Crippen molar-refractivity contribution in [2.75, 3.05) is 31.1 Å². The van der Waals surface area contributed by atoms with Crippen molar-refractivity contribution in [3.05, 3.63) is 71.0 Å². The smallest absolute Gasteiger partial charge is 0.191 e. The molecule has 0 saturated heterocycles. The Labute approximate surface area is 166 Å². The van der Waals surface area contributed by atoms with Crippen molar-refractivity contribution in [3.8, 4) is 0 Å². The third-order valence-corrected chi connectivity index (χ3v) is 4.58. The van der Waals surface area contributed by atoms with Gasteiger partial charge in [-0.15, -0.1) is 0 Å². The fourth-order valence-electron chi connectivity index (χ4n) is 2.93. The molecule has 6 heteroatoms. The molecule has 142 valence electrons. The van der Waals surface area contributed by atoms with Gasteiger partial charge in [-0.05, 0) is 42.7 Å². The second-order valence-corrected chi connectivity index (χ2v) is 6.79. The number of halogens is 1. The second-order valence-electron chi connectivity index (χ2n) is 6.41. The van der Waals surface area contributed by atoms with E-state index < -0.39 is 0 Å². The largest absolute Gasteiger partial charge is 0.364 e. The highest BCUT2D eigenvalue weighted by molar-refractivity contribution is 6.29. The molecule has 0 spiro atoms. The third kappa shape index (κ3) is 6.00. The van der Waals surface area contributed by atoms with E-state index in [0.717, 1.165) is 44.1 Å². The average molecular weight is 384 g/mol. The Morgan fingerprint density at radius 3 is 2.74 bits per heavy atom. The fraction of sp³-hybridized carbons (Fsp3) is 0.333. The van der Waals surface area contributed by atoms with E-state index in [-0.39, 0.29) is 0 Å². The molecule has 2 aromatic rings. The summed E-state index contributed by atoms with van der Waals surface area (Å²) < 4.78 is 0. The van der Waals surface area contributed by atoms with Crippen molar-refractivity contribution in [2.24, 2.45) is 4.99 Å². The number of rotatable bonds is 7. The van der Waals surface area contributed by atoms with Crippen LogP contribution in [0.15, 0.2) is 59.7 Å². The zero-order chi connectivity index (χ0) is 18.9. The van der Waals surface area contributed by atoms with Gasteiger partial charge in [-0.25, -0.2) is 9.98 Å². The van der Waals surface area contributed by atoms with Gasteiger partial charge in [-0.2, -0.15) is 0 Å². The summed E-state index contributed by atoms with van der Waals surface area (Å²) in [6.07, 6.45) is 7.08. The first-order chi connectivity index (χ1) is 13.2. The minimum absolute atomic E-state index is 0.522. The van der Waals surface area contributed by atoms with Crippen LogP contribution >= 0.6 is 11.6 Å². The van der Waals surface area contributed by atoms with E-state index in [2.05, 4.69) is 63.9 Å². The molecule has 0 fully saturated rings. The maximum atomic E-state index is 5.83. The minimum Gasteiger partial charge on any atom is -0.364 e. The van der Waals surface area contributed by atoms with Crippen LogP contribution in [0.3, 0.4) is 0 Å². The Morgan fingerprint density at radius 2 is 2.00 bits per heavy atom. The van der Waals surface area contributed by atoms with Gasteiger partial charge in [0.25, 0.3) is 0 Å². The third-order valence-electron chi connectivity index (χ3n) is 4.35. The van der Waals surface area contributed by atoms with Crippen LogP contribution in [0.4, 0.5) is 5.69 Å². The quantitative estimate of drug-likeness (QED) is 0.333. The van der Waals surface area contributed by atoms with Crippen LogP contribution in [0.25, 0.3) is 0 Å². The predicted octanol–water partition coefficient (Wildman–Crippen LogP) is 3.41. The normalized spacial score (nSPS) is 13.9. The number of anilines is 1. The molecule has 0 atom stereocenters. The summed E-state index contributed by atoms with van der Waals surface area (Å²) in [5.74, 6) is 0.827. The highest BCUT2D eigenvalue weighted by Gasteiger charge is 2.07. The molecule has 0 bridgehead atoms. The van der Waals surface area contributed by atoms with Crippen molar-refractivity contribution in [3.63, 3.8) is 0 Å². The molecule has 1 aromatic heterocycles. The highest BCUT2D eigenvalue weighted by atomic mass is 35.5. The fourth-order valence-corrected chi connectivity index (χ4v) is 3.04. The Hall–Kier alpha value is -2.53. The van der Waals surface area contributed by atoms with Crippen LogP contribution in [0.2, 0.25) is 5.15 Å². The van der Waals surface area contributed by atoms with E-state index in [9.17, 15) is 0 Å². The molecule has 1 aromatic carbocycles.